The molecule has 0 spiro atoms. The second-order valence-electron chi connectivity index (χ2n) is 3.94. The van der Waals surface area contributed by atoms with Crippen molar-refractivity contribution in [2.24, 2.45) is 0 Å². The highest BCUT2D eigenvalue weighted by Crippen LogP contribution is 2.21. The SMILES string of the molecule is O=C(O)c1cn(CC(F)(F)F)c2ccccc2c1=O. The van der Waals surface area contributed by atoms with Crippen LogP contribution in [-0.2, 0) is 6.54 Å². The van der Waals surface area contributed by atoms with E-state index >= 15 is 0 Å². The van der Waals surface area contributed by atoms with E-state index in [0.717, 1.165) is 10.8 Å². The predicted molar refractivity (Wildman–Crippen MR) is 61.2 cm³/mol. The smallest absolute Gasteiger partial charge is 0.406 e. The van der Waals surface area contributed by atoms with Crippen molar-refractivity contribution >= 4 is 16.9 Å². The number of nitrogens with zero attached hydrogens (tertiary/aromatic N) is 1. The summed E-state index contributed by atoms with van der Waals surface area (Å²) >= 11 is 0. The van der Waals surface area contributed by atoms with E-state index in [4.69, 9.17) is 5.11 Å². The first-order valence-electron chi connectivity index (χ1n) is 5.22. The summed E-state index contributed by atoms with van der Waals surface area (Å²) in [6, 6.07) is 5.59. The van der Waals surface area contributed by atoms with Crippen molar-refractivity contribution in [3.8, 4) is 0 Å². The van der Waals surface area contributed by atoms with Gasteiger partial charge in [0.2, 0.25) is 5.43 Å². The third kappa shape index (κ3) is 2.59. The molecule has 0 aliphatic rings. The van der Waals surface area contributed by atoms with Crippen LogP contribution in [0.3, 0.4) is 0 Å². The molecule has 0 amide bonds. The number of benzene rings is 1. The first-order valence-corrected chi connectivity index (χ1v) is 5.22. The summed E-state index contributed by atoms with van der Waals surface area (Å²) in [4.78, 5) is 22.7. The van der Waals surface area contributed by atoms with Crippen molar-refractivity contribution in [3.05, 3.63) is 46.2 Å². The van der Waals surface area contributed by atoms with Crippen molar-refractivity contribution < 1.29 is 23.1 Å². The van der Waals surface area contributed by atoms with E-state index in [9.17, 15) is 22.8 Å². The molecule has 0 aliphatic heterocycles. The van der Waals surface area contributed by atoms with Gasteiger partial charge in [0.05, 0.1) is 5.52 Å². The van der Waals surface area contributed by atoms with Gasteiger partial charge in [-0.1, -0.05) is 12.1 Å². The largest absolute Gasteiger partial charge is 0.477 e. The Morgan fingerprint density at radius 1 is 1.26 bits per heavy atom. The molecule has 100 valence electrons. The standard InChI is InChI=1S/C12H8F3NO3/c13-12(14,15)6-16-5-8(11(18)19)10(17)7-3-1-2-4-9(7)16/h1-5H,6H2,(H,18,19). The van der Waals surface area contributed by atoms with Crippen LogP contribution >= 0.6 is 0 Å². The minimum Gasteiger partial charge on any atom is -0.477 e. The average molecular weight is 271 g/mol. The molecule has 19 heavy (non-hydrogen) atoms. The number of carboxylic acid groups (broad SMARTS) is 1. The number of aromatic carboxylic acids is 1. The van der Waals surface area contributed by atoms with Crippen LogP contribution in [0.2, 0.25) is 0 Å². The molecule has 0 unspecified atom stereocenters. The van der Waals surface area contributed by atoms with Crippen LogP contribution in [0.4, 0.5) is 13.2 Å². The molecule has 0 fully saturated rings. The molecule has 2 aromatic rings. The molecule has 1 aromatic heterocycles. The number of aromatic nitrogens is 1. The fraction of sp³-hybridized carbons (Fsp3) is 0.167. The Bertz CT molecular complexity index is 703. The lowest BCUT2D eigenvalue weighted by atomic mass is 10.1. The molecule has 1 N–H and O–H groups in total. The highest BCUT2D eigenvalue weighted by atomic mass is 19.4. The number of hydrogen-bond donors (Lipinski definition) is 1. The molecule has 0 bridgehead atoms. The first-order chi connectivity index (χ1) is 8.79. The van der Waals surface area contributed by atoms with E-state index in [1.54, 1.807) is 0 Å². The molecule has 0 radical (unpaired) electrons. The Labute approximate surface area is 104 Å². The van der Waals surface area contributed by atoms with Crippen LogP contribution in [0.25, 0.3) is 10.9 Å². The van der Waals surface area contributed by atoms with E-state index in [1.165, 1.54) is 24.3 Å². The molecule has 0 saturated carbocycles. The first kappa shape index (κ1) is 13.1. The molecular weight excluding hydrogens is 263 g/mol. The average Bonchev–Trinajstić information content (AvgIpc) is 2.31. The van der Waals surface area contributed by atoms with E-state index in [1.807, 2.05) is 0 Å². The molecular formula is C12H8F3NO3. The van der Waals surface area contributed by atoms with Gasteiger partial charge in [-0.25, -0.2) is 4.79 Å². The molecule has 2 rings (SSSR count). The van der Waals surface area contributed by atoms with Gasteiger partial charge in [0.1, 0.15) is 12.1 Å². The van der Waals surface area contributed by atoms with Crippen molar-refractivity contribution in [3.63, 3.8) is 0 Å². The Balaban J connectivity index is 2.79. The minimum absolute atomic E-state index is 0.0494. The maximum atomic E-state index is 12.5. The zero-order valence-corrected chi connectivity index (χ0v) is 9.44. The summed E-state index contributed by atoms with van der Waals surface area (Å²) in [5, 5.41) is 8.80. The quantitative estimate of drug-likeness (QED) is 0.911. The number of halogens is 3. The molecule has 0 atom stereocenters. The summed E-state index contributed by atoms with van der Waals surface area (Å²) in [6.07, 6.45) is -3.78. The van der Waals surface area contributed by atoms with Gasteiger partial charge in [0.25, 0.3) is 0 Å². The van der Waals surface area contributed by atoms with Crippen LogP contribution in [0.1, 0.15) is 10.4 Å². The lowest BCUT2D eigenvalue weighted by Gasteiger charge is -2.14. The van der Waals surface area contributed by atoms with E-state index in [2.05, 4.69) is 0 Å². The number of carboxylic acids is 1. The van der Waals surface area contributed by atoms with Crippen molar-refractivity contribution in [2.45, 2.75) is 12.7 Å². The Morgan fingerprint density at radius 3 is 2.47 bits per heavy atom. The van der Waals surface area contributed by atoms with Crippen LogP contribution in [0.5, 0.6) is 0 Å². The van der Waals surface area contributed by atoms with Gasteiger partial charge in [-0.05, 0) is 12.1 Å². The van der Waals surface area contributed by atoms with Gasteiger partial charge in [-0.3, -0.25) is 4.79 Å². The highest BCUT2D eigenvalue weighted by molar-refractivity contribution is 5.92. The van der Waals surface area contributed by atoms with E-state index in [-0.39, 0.29) is 10.9 Å². The maximum Gasteiger partial charge on any atom is 0.406 e. The summed E-state index contributed by atoms with van der Waals surface area (Å²) < 4.78 is 38.1. The third-order valence-corrected chi connectivity index (χ3v) is 2.57. The Kier molecular flexibility index (Phi) is 3.05. The summed E-state index contributed by atoms with van der Waals surface area (Å²) in [5.74, 6) is -1.55. The predicted octanol–water partition coefficient (Wildman–Crippen LogP) is 2.26. The number of hydrogen-bond acceptors (Lipinski definition) is 2. The number of fused-ring (bicyclic) bond motifs is 1. The third-order valence-electron chi connectivity index (χ3n) is 2.57. The monoisotopic (exact) mass is 271 g/mol. The van der Waals surface area contributed by atoms with Gasteiger partial charge in [-0.2, -0.15) is 13.2 Å². The second kappa shape index (κ2) is 4.42. The number of rotatable bonds is 2. The zero-order chi connectivity index (χ0) is 14.2. The Hall–Kier alpha value is -2.31. The lowest BCUT2D eigenvalue weighted by molar-refractivity contribution is -0.140. The maximum absolute atomic E-state index is 12.5. The molecule has 1 heterocycles. The number of para-hydroxylation sites is 1. The second-order valence-corrected chi connectivity index (χ2v) is 3.94. The van der Waals surface area contributed by atoms with Crippen LogP contribution in [-0.4, -0.2) is 21.8 Å². The van der Waals surface area contributed by atoms with Crippen molar-refractivity contribution in [1.82, 2.24) is 4.57 Å². The van der Waals surface area contributed by atoms with Gasteiger partial charge in [0, 0.05) is 11.6 Å². The highest BCUT2D eigenvalue weighted by Gasteiger charge is 2.29. The van der Waals surface area contributed by atoms with Crippen LogP contribution in [0.15, 0.2) is 35.3 Å². The van der Waals surface area contributed by atoms with Gasteiger partial charge in [-0.15, -0.1) is 0 Å². The van der Waals surface area contributed by atoms with Crippen LogP contribution in [0, 0.1) is 0 Å². The Morgan fingerprint density at radius 2 is 1.89 bits per heavy atom. The number of alkyl halides is 3. The molecule has 0 aliphatic carbocycles. The fourth-order valence-electron chi connectivity index (χ4n) is 1.82. The van der Waals surface area contributed by atoms with Gasteiger partial charge in [0.15, 0.2) is 0 Å². The van der Waals surface area contributed by atoms with Gasteiger partial charge < -0.3 is 9.67 Å². The molecule has 4 nitrogen and oxygen atoms in total. The molecule has 1 aromatic carbocycles. The summed E-state index contributed by atoms with van der Waals surface area (Å²) in [5.41, 5.74) is -1.42. The van der Waals surface area contributed by atoms with E-state index < -0.39 is 29.7 Å². The molecule has 7 heteroatoms. The summed E-state index contributed by atoms with van der Waals surface area (Å²) in [7, 11) is 0. The summed E-state index contributed by atoms with van der Waals surface area (Å²) in [6.45, 7) is -1.35. The topological polar surface area (TPSA) is 59.3 Å². The number of carbonyl (C=O) groups is 1. The lowest BCUT2D eigenvalue weighted by Crippen LogP contribution is -2.23. The van der Waals surface area contributed by atoms with E-state index in [0.29, 0.717) is 0 Å². The fourth-order valence-corrected chi connectivity index (χ4v) is 1.82. The normalized spacial score (nSPS) is 11.7. The molecule has 0 saturated heterocycles. The van der Waals surface area contributed by atoms with Crippen molar-refractivity contribution in [1.29, 1.82) is 0 Å². The van der Waals surface area contributed by atoms with Crippen molar-refractivity contribution in [2.75, 3.05) is 0 Å². The van der Waals surface area contributed by atoms with Crippen LogP contribution < -0.4 is 5.43 Å². The minimum atomic E-state index is -4.51. The zero-order valence-electron chi connectivity index (χ0n) is 9.44. The number of pyridine rings is 1. The van der Waals surface area contributed by atoms with Gasteiger partial charge >= 0.3 is 12.1 Å².